The fourth-order valence-electron chi connectivity index (χ4n) is 1.61. The van der Waals surface area contributed by atoms with E-state index in [1.807, 2.05) is 0 Å². The molecule has 0 aliphatic heterocycles. The number of benzene rings is 1. The van der Waals surface area contributed by atoms with E-state index >= 15 is 0 Å². The molecule has 0 saturated heterocycles. The van der Waals surface area contributed by atoms with Crippen molar-refractivity contribution in [2.75, 3.05) is 11.9 Å². The van der Waals surface area contributed by atoms with Crippen molar-refractivity contribution in [2.24, 2.45) is 0 Å². The van der Waals surface area contributed by atoms with E-state index in [1.165, 1.54) is 12.1 Å². The van der Waals surface area contributed by atoms with Gasteiger partial charge in [0.2, 0.25) is 0 Å². The van der Waals surface area contributed by atoms with E-state index in [0.717, 1.165) is 11.5 Å². The van der Waals surface area contributed by atoms with Crippen LogP contribution in [-0.4, -0.2) is 16.9 Å². The average molecular weight is 315 g/mol. The number of nitrogens with one attached hydrogen (secondary N) is 1. The van der Waals surface area contributed by atoms with Crippen molar-refractivity contribution in [3.8, 4) is 0 Å². The van der Waals surface area contributed by atoms with Crippen LogP contribution < -0.4 is 5.32 Å². The van der Waals surface area contributed by atoms with Gasteiger partial charge in [0, 0.05) is 5.02 Å². The highest BCUT2D eigenvalue weighted by Crippen LogP contribution is 2.30. The molecular weight excluding hydrogens is 303 g/mol. The predicted octanol–water partition coefficient (Wildman–Crippen LogP) is 4.16. The number of halogens is 2. The number of aromatic nitrogens is 1. The second-order valence-electron chi connectivity index (χ2n) is 3.94. The Kier molecular flexibility index (Phi) is 4.57. The van der Waals surface area contributed by atoms with Crippen molar-refractivity contribution in [1.82, 2.24) is 4.37 Å². The Bertz CT molecular complexity index is 645. The van der Waals surface area contributed by atoms with E-state index in [4.69, 9.17) is 16.3 Å². The van der Waals surface area contributed by atoms with Crippen molar-refractivity contribution in [3.05, 3.63) is 40.3 Å². The lowest BCUT2D eigenvalue weighted by Gasteiger charge is -2.08. The highest BCUT2D eigenvalue weighted by molar-refractivity contribution is 7.10. The Labute approximate surface area is 124 Å². The van der Waals surface area contributed by atoms with Gasteiger partial charge in [0.25, 0.3) is 0 Å². The number of rotatable bonds is 4. The van der Waals surface area contributed by atoms with Gasteiger partial charge >= 0.3 is 5.97 Å². The van der Waals surface area contributed by atoms with Crippen LogP contribution >= 0.6 is 23.1 Å². The lowest BCUT2D eigenvalue weighted by atomic mass is 10.2. The van der Waals surface area contributed by atoms with E-state index in [0.29, 0.717) is 21.3 Å². The Hall–Kier alpha value is -1.66. The maximum absolute atomic E-state index is 13.7. The number of nitrogens with zero attached hydrogens (tertiary/aromatic N) is 1. The molecule has 0 aliphatic carbocycles. The molecule has 2 aromatic rings. The standard InChI is InChI=1S/C13H12ClFN2O2S/c1-3-19-13(18)11-7(2)17-20-12(11)16-10-5-4-8(14)6-9(10)15/h4-6,16H,3H2,1-2H3. The van der Waals surface area contributed by atoms with Gasteiger partial charge in [-0.1, -0.05) is 11.6 Å². The largest absolute Gasteiger partial charge is 0.462 e. The molecule has 20 heavy (non-hydrogen) atoms. The van der Waals surface area contributed by atoms with Gasteiger partial charge < -0.3 is 10.1 Å². The highest BCUT2D eigenvalue weighted by Gasteiger charge is 2.20. The highest BCUT2D eigenvalue weighted by atomic mass is 35.5. The van der Waals surface area contributed by atoms with Gasteiger partial charge in [-0.05, 0) is 43.6 Å². The van der Waals surface area contributed by atoms with Crippen LogP contribution in [0, 0.1) is 12.7 Å². The molecule has 0 atom stereocenters. The summed E-state index contributed by atoms with van der Waals surface area (Å²) in [5.74, 6) is -0.978. The number of hydrogen-bond donors (Lipinski definition) is 1. The van der Waals surface area contributed by atoms with Crippen LogP contribution in [-0.2, 0) is 4.74 Å². The molecule has 0 aliphatic rings. The molecule has 1 heterocycles. The molecule has 0 fully saturated rings. The van der Waals surface area contributed by atoms with E-state index in [-0.39, 0.29) is 12.3 Å². The third kappa shape index (κ3) is 3.08. The van der Waals surface area contributed by atoms with Crippen LogP contribution in [0.1, 0.15) is 23.0 Å². The van der Waals surface area contributed by atoms with Crippen LogP contribution in [0.3, 0.4) is 0 Å². The summed E-state index contributed by atoms with van der Waals surface area (Å²) in [7, 11) is 0. The molecule has 7 heteroatoms. The summed E-state index contributed by atoms with van der Waals surface area (Å²) >= 11 is 6.77. The minimum Gasteiger partial charge on any atom is -0.462 e. The van der Waals surface area contributed by atoms with Crippen molar-refractivity contribution >= 4 is 39.8 Å². The Morgan fingerprint density at radius 2 is 2.30 bits per heavy atom. The summed E-state index contributed by atoms with van der Waals surface area (Å²) in [5.41, 5.74) is 1.10. The van der Waals surface area contributed by atoms with Gasteiger partial charge in [-0.25, -0.2) is 9.18 Å². The van der Waals surface area contributed by atoms with Crippen molar-refractivity contribution in [1.29, 1.82) is 0 Å². The zero-order valence-corrected chi connectivity index (χ0v) is 12.4. The molecule has 0 radical (unpaired) electrons. The SMILES string of the molecule is CCOC(=O)c1c(C)nsc1Nc1ccc(Cl)cc1F. The summed E-state index contributed by atoms with van der Waals surface area (Å²) in [5, 5.41) is 3.60. The molecule has 0 unspecified atom stereocenters. The molecule has 106 valence electrons. The van der Waals surface area contributed by atoms with Crippen molar-refractivity contribution in [2.45, 2.75) is 13.8 Å². The molecule has 0 spiro atoms. The first-order valence-corrected chi connectivity index (χ1v) is 7.03. The maximum atomic E-state index is 13.7. The fraction of sp³-hybridized carbons (Fsp3) is 0.231. The molecule has 1 aromatic heterocycles. The van der Waals surface area contributed by atoms with Gasteiger partial charge in [0.15, 0.2) is 0 Å². The zero-order chi connectivity index (χ0) is 14.7. The lowest BCUT2D eigenvalue weighted by Crippen LogP contribution is -2.07. The van der Waals surface area contributed by atoms with E-state index in [1.54, 1.807) is 19.9 Å². The topological polar surface area (TPSA) is 51.2 Å². The molecule has 1 N–H and O–H groups in total. The van der Waals surface area contributed by atoms with Crippen LogP contribution in [0.15, 0.2) is 18.2 Å². The summed E-state index contributed by atoms with van der Waals surface area (Å²) in [6.07, 6.45) is 0. The first-order valence-electron chi connectivity index (χ1n) is 5.88. The second kappa shape index (κ2) is 6.19. The molecule has 2 rings (SSSR count). The first kappa shape index (κ1) is 14.7. The Balaban J connectivity index is 2.32. The molecule has 0 amide bonds. The molecule has 0 saturated carbocycles. The van der Waals surface area contributed by atoms with E-state index in [2.05, 4.69) is 9.69 Å². The molecular formula is C13H12ClFN2O2S. The molecule has 4 nitrogen and oxygen atoms in total. The van der Waals surface area contributed by atoms with Gasteiger partial charge in [-0.3, -0.25) is 0 Å². The third-order valence-electron chi connectivity index (χ3n) is 2.52. The smallest absolute Gasteiger partial charge is 0.343 e. The minimum atomic E-state index is -0.502. The van der Waals surface area contributed by atoms with Gasteiger partial charge in [0.1, 0.15) is 16.4 Å². The number of carbonyl (C=O) groups is 1. The number of hydrogen-bond acceptors (Lipinski definition) is 5. The van der Waals surface area contributed by atoms with Crippen molar-refractivity contribution < 1.29 is 13.9 Å². The quantitative estimate of drug-likeness (QED) is 0.861. The summed E-state index contributed by atoms with van der Waals surface area (Å²) in [4.78, 5) is 11.9. The number of aryl methyl sites for hydroxylation is 1. The molecule has 0 bridgehead atoms. The zero-order valence-electron chi connectivity index (χ0n) is 10.9. The third-order valence-corrected chi connectivity index (χ3v) is 3.61. The Morgan fingerprint density at radius 1 is 1.55 bits per heavy atom. The number of esters is 1. The number of anilines is 2. The molecule has 1 aromatic carbocycles. The van der Waals surface area contributed by atoms with E-state index in [9.17, 15) is 9.18 Å². The monoisotopic (exact) mass is 314 g/mol. The summed E-state index contributed by atoms with van der Waals surface area (Å²) < 4.78 is 22.8. The predicted molar refractivity (Wildman–Crippen MR) is 77.5 cm³/mol. The second-order valence-corrected chi connectivity index (χ2v) is 5.15. The van der Waals surface area contributed by atoms with Crippen LogP contribution in [0.2, 0.25) is 5.02 Å². The normalized spacial score (nSPS) is 10.4. The Morgan fingerprint density at radius 3 is 2.95 bits per heavy atom. The van der Waals surface area contributed by atoms with Gasteiger partial charge in [-0.15, -0.1) is 0 Å². The van der Waals surface area contributed by atoms with Crippen LogP contribution in [0.4, 0.5) is 15.1 Å². The van der Waals surface area contributed by atoms with Crippen LogP contribution in [0.25, 0.3) is 0 Å². The summed E-state index contributed by atoms with van der Waals surface area (Å²) in [6, 6.07) is 4.26. The van der Waals surface area contributed by atoms with Crippen molar-refractivity contribution in [3.63, 3.8) is 0 Å². The lowest BCUT2D eigenvalue weighted by molar-refractivity contribution is 0.0527. The maximum Gasteiger partial charge on any atom is 0.343 e. The van der Waals surface area contributed by atoms with E-state index < -0.39 is 11.8 Å². The average Bonchev–Trinajstić information content (AvgIpc) is 2.74. The minimum absolute atomic E-state index is 0.226. The summed E-state index contributed by atoms with van der Waals surface area (Å²) in [6.45, 7) is 3.69. The number of ether oxygens (including phenoxy) is 1. The fourth-order valence-corrected chi connectivity index (χ4v) is 2.57. The first-order chi connectivity index (χ1) is 9.52. The van der Waals surface area contributed by atoms with Gasteiger partial charge in [-0.2, -0.15) is 4.37 Å². The number of carbonyl (C=O) groups excluding carboxylic acids is 1. The van der Waals surface area contributed by atoms with Gasteiger partial charge in [0.05, 0.1) is 18.0 Å². The van der Waals surface area contributed by atoms with Crippen LogP contribution in [0.5, 0.6) is 0 Å².